The van der Waals surface area contributed by atoms with Crippen molar-refractivity contribution in [1.29, 1.82) is 0 Å². The Bertz CT molecular complexity index is 961. The molecule has 2 aromatic rings. The van der Waals surface area contributed by atoms with Crippen LogP contribution in [0.4, 0.5) is 13.2 Å². The topological polar surface area (TPSA) is 70.4 Å². The van der Waals surface area contributed by atoms with Crippen LogP contribution in [0.25, 0.3) is 5.69 Å². The van der Waals surface area contributed by atoms with Crippen molar-refractivity contribution in [2.24, 2.45) is 0 Å². The first kappa shape index (κ1) is 21.6. The fourth-order valence-corrected chi connectivity index (χ4v) is 4.85. The van der Waals surface area contributed by atoms with E-state index in [1.807, 2.05) is 6.92 Å². The summed E-state index contributed by atoms with van der Waals surface area (Å²) < 4.78 is 47.2. The van der Waals surface area contributed by atoms with Crippen molar-refractivity contribution in [3.63, 3.8) is 0 Å². The Balaban J connectivity index is 2.05. The molecule has 11 heteroatoms. The minimum Gasteiger partial charge on any atom is -0.468 e. The van der Waals surface area contributed by atoms with Gasteiger partial charge in [-0.15, -0.1) is 24.9 Å². The molecule has 1 aromatic carbocycles. The van der Waals surface area contributed by atoms with Crippen LogP contribution in [-0.2, 0) is 16.0 Å². The Labute approximate surface area is 172 Å². The molecule has 0 fully saturated rings. The molecule has 0 spiro atoms. The van der Waals surface area contributed by atoms with E-state index in [9.17, 15) is 22.8 Å². The number of aryl methyl sites for hydroxylation is 1. The number of fused-ring (bicyclic) bond motifs is 1. The molecule has 3 rings (SSSR count). The van der Waals surface area contributed by atoms with E-state index in [1.165, 1.54) is 35.6 Å². The standard InChI is InChI=1S/C18H17F3N2O4S2/c1-3-13(16(25)26-2)29-17-22-12-8-9-28-14(12)15(24)23(17)10-4-6-11(7-5-10)27-18(19,20)21/h4-7,13H,3,8-9H2,1-2H3. The van der Waals surface area contributed by atoms with E-state index < -0.39 is 23.3 Å². The van der Waals surface area contributed by atoms with Crippen LogP contribution >= 0.6 is 23.5 Å². The van der Waals surface area contributed by atoms with Crippen molar-refractivity contribution >= 4 is 29.5 Å². The molecular formula is C18H17F3N2O4S2. The number of carbonyl (C=O) groups is 1. The van der Waals surface area contributed by atoms with Crippen molar-refractivity contribution < 1.29 is 27.4 Å². The van der Waals surface area contributed by atoms with Crippen LogP contribution in [0.5, 0.6) is 5.75 Å². The Morgan fingerprint density at radius 3 is 2.62 bits per heavy atom. The summed E-state index contributed by atoms with van der Waals surface area (Å²) in [6.45, 7) is 1.81. The van der Waals surface area contributed by atoms with Gasteiger partial charge in [-0.1, -0.05) is 18.7 Å². The monoisotopic (exact) mass is 446 g/mol. The van der Waals surface area contributed by atoms with E-state index in [0.717, 1.165) is 29.6 Å². The normalized spacial score (nSPS) is 14.4. The van der Waals surface area contributed by atoms with Gasteiger partial charge in [0.15, 0.2) is 5.16 Å². The second kappa shape index (κ2) is 8.70. The van der Waals surface area contributed by atoms with Gasteiger partial charge in [-0.25, -0.2) is 4.98 Å². The van der Waals surface area contributed by atoms with Crippen LogP contribution in [-0.4, -0.2) is 40.0 Å². The fourth-order valence-electron chi connectivity index (χ4n) is 2.75. The highest BCUT2D eigenvalue weighted by atomic mass is 32.2. The zero-order chi connectivity index (χ0) is 21.2. The van der Waals surface area contributed by atoms with Gasteiger partial charge >= 0.3 is 12.3 Å². The fraction of sp³-hybridized carbons (Fsp3) is 0.389. The summed E-state index contributed by atoms with van der Waals surface area (Å²) in [7, 11) is 1.28. The third kappa shape index (κ3) is 4.89. The molecule has 1 aliphatic heterocycles. The average molecular weight is 446 g/mol. The lowest BCUT2D eigenvalue weighted by atomic mass is 10.3. The number of rotatable bonds is 6. The number of thioether (sulfide) groups is 2. The third-order valence-electron chi connectivity index (χ3n) is 4.08. The summed E-state index contributed by atoms with van der Waals surface area (Å²) in [5, 5.41) is -0.281. The first-order valence-electron chi connectivity index (χ1n) is 8.63. The smallest absolute Gasteiger partial charge is 0.468 e. The molecule has 1 atom stereocenters. The number of alkyl halides is 3. The van der Waals surface area contributed by atoms with Gasteiger partial charge in [0.1, 0.15) is 11.0 Å². The molecule has 0 saturated heterocycles. The maximum atomic E-state index is 13.1. The maximum absolute atomic E-state index is 13.1. The number of carbonyl (C=O) groups excluding carboxylic acids is 1. The number of ether oxygens (including phenoxy) is 2. The lowest BCUT2D eigenvalue weighted by Crippen LogP contribution is -2.26. The van der Waals surface area contributed by atoms with E-state index >= 15 is 0 Å². The number of hydrogen-bond donors (Lipinski definition) is 0. The Morgan fingerprint density at radius 2 is 2.03 bits per heavy atom. The molecule has 2 heterocycles. The van der Waals surface area contributed by atoms with Crippen LogP contribution in [0.1, 0.15) is 19.0 Å². The second-order valence-electron chi connectivity index (χ2n) is 5.99. The van der Waals surface area contributed by atoms with Crippen molar-refractivity contribution in [1.82, 2.24) is 9.55 Å². The quantitative estimate of drug-likeness (QED) is 0.380. The van der Waals surface area contributed by atoms with E-state index in [0.29, 0.717) is 29.1 Å². The van der Waals surface area contributed by atoms with E-state index in [4.69, 9.17) is 4.74 Å². The van der Waals surface area contributed by atoms with E-state index in [-0.39, 0.29) is 10.7 Å². The largest absolute Gasteiger partial charge is 0.573 e. The van der Waals surface area contributed by atoms with Crippen molar-refractivity contribution in [3.8, 4) is 11.4 Å². The van der Waals surface area contributed by atoms with Crippen molar-refractivity contribution in [2.75, 3.05) is 12.9 Å². The van der Waals surface area contributed by atoms with Gasteiger partial charge in [0.25, 0.3) is 5.56 Å². The highest BCUT2D eigenvalue weighted by Crippen LogP contribution is 2.33. The number of halogens is 3. The van der Waals surface area contributed by atoms with E-state index in [1.54, 1.807) is 0 Å². The first-order chi connectivity index (χ1) is 13.7. The van der Waals surface area contributed by atoms with Crippen LogP contribution in [0.3, 0.4) is 0 Å². The zero-order valence-corrected chi connectivity index (χ0v) is 17.1. The number of nitrogens with zero attached hydrogens (tertiary/aromatic N) is 2. The lowest BCUT2D eigenvalue weighted by molar-refractivity contribution is -0.274. The number of aromatic nitrogens is 2. The van der Waals surface area contributed by atoms with Gasteiger partial charge in [0, 0.05) is 12.2 Å². The molecule has 0 radical (unpaired) electrons. The van der Waals surface area contributed by atoms with Crippen LogP contribution in [0.2, 0.25) is 0 Å². The molecule has 0 bridgehead atoms. The van der Waals surface area contributed by atoms with Crippen molar-refractivity contribution in [2.45, 2.75) is 41.4 Å². The first-order valence-corrected chi connectivity index (χ1v) is 10.5. The molecule has 1 aromatic heterocycles. The van der Waals surface area contributed by atoms with Crippen molar-refractivity contribution in [3.05, 3.63) is 40.3 Å². The minimum absolute atomic E-state index is 0.290. The Morgan fingerprint density at radius 1 is 1.34 bits per heavy atom. The number of benzene rings is 1. The summed E-state index contributed by atoms with van der Waals surface area (Å²) in [4.78, 5) is 30.1. The highest BCUT2D eigenvalue weighted by molar-refractivity contribution is 8.00. The second-order valence-corrected chi connectivity index (χ2v) is 8.26. The van der Waals surface area contributed by atoms with Crippen LogP contribution in [0.15, 0.2) is 39.1 Å². The maximum Gasteiger partial charge on any atom is 0.573 e. The SMILES string of the molecule is CCC(Sc1nc2c(c(=O)n1-c1ccc(OC(F)(F)F)cc1)SCC2)C(=O)OC. The van der Waals surface area contributed by atoms with Gasteiger partial charge in [0.2, 0.25) is 0 Å². The summed E-state index contributed by atoms with van der Waals surface area (Å²) >= 11 is 2.48. The van der Waals surface area contributed by atoms with Gasteiger partial charge in [0.05, 0.1) is 23.4 Å². The molecule has 29 heavy (non-hydrogen) atoms. The molecule has 1 aliphatic rings. The predicted molar refractivity (Wildman–Crippen MR) is 103 cm³/mol. The summed E-state index contributed by atoms with van der Waals surface area (Å²) in [5.41, 5.74) is 0.675. The minimum atomic E-state index is -4.81. The van der Waals surface area contributed by atoms with Gasteiger partial charge in [-0.05, 0) is 30.7 Å². The molecule has 0 saturated carbocycles. The molecule has 0 aliphatic carbocycles. The molecule has 0 amide bonds. The van der Waals surface area contributed by atoms with Gasteiger partial charge < -0.3 is 9.47 Å². The van der Waals surface area contributed by atoms with Gasteiger partial charge in [-0.2, -0.15) is 0 Å². The molecular weight excluding hydrogens is 429 g/mol. The molecule has 1 unspecified atom stereocenters. The predicted octanol–water partition coefficient (Wildman–Crippen LogP) is 3.82. The highest BCUT2D eigenvalue weighted by Gasteiger charge is 2.31. The number of esters is 1. The van der Waals surface area contributed by atoms with E-state index in [2.05, 4.69) is 9.72 Å². The molecule has 6 nitrogen and oxygen atoms in total. The summed E-state index contributed by atoms with van der Waals surface area (Å²) in [5.74, 6) is -0.117. The summed E-state index contributed by atoms with van der Waals surface area (Å²) in [6, 6.07) is 4.95. The number of methoxy groups -OCH3 is 1. The average Bonchev–Trinajstić information content (AvgIpc) is 3.14. The Kier molecular flexibility index (Phi) is 6.47. The van der Waals surface area contributed by atoms with Crippen LogP contribution in [0, 0.1) is 0 Å². The Hall–Kier alpha value is -2.14. The third-order valence-corrected chi connectivity index (χ3v) is 6.48. The lowest BCUT2D eigenvalue weighted by Gasteiger charge is -2.17. The number of hydrogen-bond acceptors (Lipinski definition) is 7. The molecule has 156 valence electrons. The zero-order valence-electron chi connectivity index (χ0n) is 15.5. The molecule has 0 N–H and O–H groups in total. The van der Waals surface area contributed by atoms with Gasteiger partial charge in [-0.3, -0.25) is 14.2 Å². The van der Waals surface area contributed by atoms with Crippen LogP contribution < -0.4 is 10.3 Å². The summed E-state index contributed by atoms with van der Waals surface area (Å²) in [6.07, 6.45) is -3.71.